The lowest BCUT2D eigenvalue weighted by Crippen LogP contribution is -2.27. The van der Waals surface area contributed by atoms with Gasteiger partial charge in [-0.25, -0.2) is 0 Å². The number of ketones is 1. The van der Waals surface area contributed by atoms with E-state index in [0.29, 0.717) is 17.2 Å². The Morgan fingerprint density at radius 1 is 0.941 bits per heavy atom. The van der Waals surface area contributed by atoms with Crippen LogP contribution >= 0.6 is 22.1 Å². The van der Waals surface area contributed by atoms with Gasteiger partial charge < -0.3 is 9.47 Å². The maximum absolute atomic E-state index is 13.5. The number of hydrogen-bond donors (Lipinski definition) is 0. The van der Waals surface area contributed by atoms with Gasteiger partial charge in [-0.3, -0.25) is 4.79 Å². The molecule has 0 spiro atoms. The SMILES string of the molecule is CCCOc1ccc(Cl)c2c1S(c1ccc(-c3ccc(OC)cc3)cc1)=C1C=CC=CC1C2=O. The first kappa shape index (κ1) is 22.7. The molecular weight excluding hydrogens is 464 g/mol. The Balaban J connectivity index is 1.66. The van der Waals surface area contributed by atoms with Crippen molar-refractivity contribution in [1.29, 1.82) is 0 Å². The third-order valence-electron chi connectivity index (χ3n) is 6.00. The number of allylic oxidation sites excluding steroid dienone is 4. The molecule has 0 saturated carbocycles. The quantitative estimate of drug-likeness (QED) is 0.335. The Hall–Kier alpha value is -3.08. The lowest BCUT2D eigenvalue weighted by molar-refractivity contribution is 0.0968. The molecule has 1 heterocycles. The molecule has 172 valence electrons. The highest BCUT2D eigenvalue weighted by molar-refractivity contribution is 8.16. The standard InChI is InChI=1S/C29H25ClO3S/c1-3-18-33-25-17-16-24(30)27-28(31)23-6-4-5-7-26(23)34(29(25)27)22-14-10-20(11-15-22)19-8-12-21(32-2)13-9-19/h4-17,23H,3,18H2,1-2H3. The molecule has 5 rings (SSSR count). The zero-order chi connectivity index (χ0) is 23.7. The fourth-order valence-corrected chi connectivity index (χ4v) is 7.18. The van der Waals surface area contributed by atoms with E-state index in [1.807, 2.05) is 36.4 Å². The second kappa shape index (κ2) is 9.65. The molecule has 0 saturated heterocycles. The first-order valence-electron chi connectivity index (χ1n) is 11.3. The molecule has 34 heavy (non-hydrogen) atoms. The van der Waals surface area contributed by atoms with Gasteiger partial charge in [-0.1, -0.05) is 67.1 Å². The van der Waals surface area contributed by atoms with Crippen LogP contribution in [0.25, 0.3) is 11.1 Å². The van der Waals surface area contributed by atoms with Gasteiger partial charge in [0.05, 0.1) is 35.1 Å². The molecule has 2 atom stereocenters. The Bertz CT molecular complexity index is 1340. The first-order chi connectivity index (χ1) is 16.6. The summed E-state index contributed by atoms with van der Waals surface area (Å²) >= 11 is 6.62. The Morgan fingerprint density at radius 2 is 1.65 bits per heavy atom. The van der Waals surface area contributed by atoms with Crippen molar-refractivity contribution >= 4 is 32.7 Å². The van der Waals surface area contributed by atoms with Crippen LogP contribution in [0.15, 0.2) is 94.8 Å². The molecule has 0 N–H and O–H groups in total. The number of ether oxygens (including phenoxy) is 2. The maximum Gasteiger partial charge on any atom is 0.177 e. The molecule has 0 radical (unpaired) electrons. The van der Waals surface area contributed by atoms with E-state index in [2.05, 4.69) is 49.4 Å². The van der Waals surface area contributed by atoms with E-state index in [1.165, 1.54) is 0 Å². The first-order valence-corrected chi connectivity index (χ1v) is 12.9. The Labute approximate surface area is 207 Å². The van der Waals surface area contributed by atoms with Gasteiger partial charge in [0.1, 0.15) is 11.5 Å². The number of halogens is 1. The molecule has 1 aliphatic heterocycles. The number of carbonyl (C=O) groups excluding carboxylic acids is 1. The van der Waals surface area contributed by atoms with E-state index in [0.717, 1.165) is 43.7 Å². The lowest BCUT2D eigenvalue weighted by atomic mass is 9.91. The largest absolute Gasteiger partial charge is 0.497 e. The number of Topliss-reactive ketones (excluding diaryl/α,β-unsaturated/α-hetero) is 1. The van der Waals surface area contributed by atoms with E-state index in [-0.39, 0.29) is 11.7 Å². The van der Waals surface area contributed by atoms with Crippen LogP contribution in [0.1, 0.15) is 23.7 Å². The average Bonchev–Trinajstić information content (AvgIpc) is 2.89. The molecule has 0 fully saturated rings. The molecule has 5 heteroatoms. The van der Waals surface area contributed by atoms with Crippen LogP contribution in [0.3, 0.4) is 0 Å². The van der Waals surface area contributed by atoms with Crippen molar-refractivity contribution in [3.05, 3.63) is 95.6 Å². The monoisotopic (exact) mass is 488 g/mol. The van der Waals surface area contributed by atoms with E-state index >= 15 is 0 Å². The molecule has 3 aromatic carbocycles. The number of rotatable bonds is 6. The van der Waals surface area contributed by atoms with Crippen molar-refractivity contribution < 1.29 is 14.3 Å². The van der Waals surface area contributed by atoms with Crippen LogP contribution in [-0.2, 0) is 0 Å². The molecule has 3 aromatic rings. The van der Waals surface area contributed by atoms with Gasteiger partial charge in [0.2, 0.25) is 0 Å². The number of benzene rings is 3. The van der Waals surface area contributed by atoms with E-state index in [9.17, 15) is 4.79 Å². The highest BCUT2D eigenvalue weighted by Gasteiger charge is 2.36. The predicted molar refractivity (Wildman–Crippen MR) is 141 cm³/mol. The van der Waals surface area contributed by atoms with Crippen molar-refractivity contribution in [2.24, 2.45) is 5.92 Å². The van der Waals surface area contributed by atoms with Gasteiger partial charge >= 0.3 is 0 Å². The predicted octanol–water partition coefficient (Wildman–Crippen LogP) is 7.60. The molecular formula is C29H25ClO3S. The molecule has 0 bridgehead atoms. The van der Waals surface area contributed by atoms with Gasteiger partial charge in [0.15, 0.2) is 5.78 Å². The van der Waals surface area contributed by atoms with E-state index in [1.54, 1.807) is 13.2 Å². The summed E-state index contributed by atoms with van der Waals surface area (Å²) in [6, 6.07) is 20.3. The topological polar surface area (TPSA) is 35.5 Å². The molecule has 2 aliphatic rings. The van der Waals surface area contributed by atoms with Gasteiger partial charge in [0, 0.05) is 4.90 Å². The minimum Gasteiger partial charge on any atom is -0.497 e. The molecule has 2 unspecified atom stereocenters. The summed E-state index contributed by atoms with van der Waals surface area (Å²) in [6.07, 6.45) is 8.89. The minimum atomic E-state index is -0.487. The van der Waals surface area contributed by atoms with Crippen LogP contribution in [-0.4, -0.2) is 24.4 Å². The second-order valence-electron chi connectivity index (χ2n) is 8.15. The Morgan fingerprint density at radius 3 is 2.32 bits per heavy atom. The zero-order valence-electron chi connectivity index (χ0n) is 19.1. The third kappa shape index (κ3) is 4.02. The summed E-state index contributed by atoms with van der Waals surface area (Å²) in [5.74, 6) is 1.31. The molecule has 3 nitrogen and oxygen atoms in total. The number of methoxy groups -OCH3 is 1. The summed E-state index contributed by atoms with van der Waals surface area (Å²) in [5, 5.41) is 0.484. The third-order valence-corrected chi connectivity index (χ3v) is 8.73. The minimum absolute atomic E-state index is 0.0381. The smallest absolute Gasteiger partial charge is 0.177 e. The summed E-state index contributed by atoms with van der Waals surface area (Å²) < 4.78 is 11.4. The van der Waals surface area contributed by atoms with Crippen molar-refractivity contribution in [3.63, 3.8) is 0 Å². The second-order valence-corrected chi connectivity index (χ2v) is 10.5. The number of fused-ring (bicyclic) bond motifs is 2. The van der Waals surface area contributed by atoms with Crippen molar-refractivity contribution in [3.8, 4) is 22.6 Å². The van der Waals surface area contributed by atoms with Gasteiger partial charge in [0.25, 0.3) is 0 Å². The van der Waals surface area contributed by atoms with Gasteiger partial charge in [-0.15, -0.1) is 10.5 Å². The number of carbonyl (C=O) groups is 1. The highest BCUT2D eigenvalue weighted by atomic mass is 35.5. The van der Waals surface area contributed by atoms with Crippen molar-refractivity contribution in [2.45, 2.75) is 23.1 Å². The van der Waals surface area contributed by atoms with Gasteiger partial charge in [-0.05, 0) is 58.8 Å². The normalized spacial score (nSPS) is 18.4. The van der Waals surface area contributed by atoms with Crippen LogP contribution < -0.4 is 9.47 Å². The average molecular weight is 489 g/mol. The highest BCUT2D eigenvalue weighted by Crippen LogP contribution is 2.52. The maximum atomic E-state index is 13.5. The fourth-order valence-electron chi connectivity index (χ4n) is 4.33. The van der Waals surface area contributed by atoms with Crippen LogP contribution in [0.4, 0.5) is 0 Å². The summed E-state index contributed by atoms with van der Waals surface area (Å²) in [7, 11) is 1.18. The molecule has 1 aliphatic carbocycles. The van der Waals surface area contributed by atoms with Crippen LogP contribution in [0, 0.1) is 5.92 Å². The summed E-state index contributed by atoms with van der Waals surface area (Å²) in [6.45, 7) is 2.66. The Kier molecular flexibility index (Phi) is 6.44. The van der Waals surface area contributed by atoms with Crippen molar-refractivity contribution in [2.75, 3.05) is 13.7 Å². The van der Waals surface area contributed by atoms with Crippen LogP contribution in [0.5, 0.6) is 11.5 Å². The van der Waals surface area contributed by atoms with E-state index in [4.69, 9.17) is 21.1 Å². The van der Waals surface area contributed by atoms with Gasteiger partial charge in [-0.2, -0.15) is 0 Å². The summed E-state index contributed by atoms with van der Waals surface area (Å²) in [5.41, 5.74) is 2.83. The number of hydrogen-bond acceptors (Lipinski definition) is 3. The summed E-state index contributed by atoms with van der Waals surface area (Å²) in [4.78, 5) is 16.6. The van der Waals surface area contributed by atoms with Crippen LogP contribution in [0.2, 0.25) is 5.02 Å². The van der Waals surface area contributed by atoms with E-state index < -0.39 is 10.5 Å². The molecule has 0 aromatic heterocycles. The fraction of sp³-hybridized carbons (Fsp3) is 0.172. The van der Waals surface area contributed by atoms with Crippen molar-refractivity contribution in [1.82, 2.24) is 0 Å². The molecule has 0 amide bonds. The zero-order valence-corrected chi connectivity index (χ0v) is 20.7. The lowest BCUT2D eigenvalue weighted by Gasteiger charge is -2.31.